The van der Waals surface area contributed by atoms with Gasteiger partial charge in [-0.05, 0) is 12.8 Å². The second-order valence-electron chi connectivity index (χ2n) is 5.83. The van der Waals surface area contributed by atoms with Gasteiger partial charge in [0.25, 0.3) is 5.91 Å². The Bertz CT molecular complexity index is 579. The summed E-state index contributed by atoms with van der Waals surface area (Å²) in [5.41, 5.74) is 0. The molecular formula is C16H21NO5S. The number of ether oxygens (including phenoxy) is 3. The monoisotopic (exact) mass is 339 g/mol. The number of amides is 1. The van der Waals surface area contributed by atoms with Crippen molar-refractivity contribution in [2.45, 2.75) is 38.1 Å². The predicted molar refractivity (Wildman–Crippen MR) is 85.2 cm³/mol. The van der Waals surface area contributed by atoms with Gasteiger partial charge in [0, 0.05) is 18.5 Å². The first-order chi connectivity index (χ1) is 11.2. The number of nitrogens with zero attached hydrogens (tertiary/aromatic N) is 1. The number of carbonyl (C=O) groups is 2. The minimum atomic E-state index is -0.535. The Hall–Kier alpha value is -1.76. The minimum absolute atomic E-state index is 0.159. The third-order valence-electron chi connectivity index (χ3n) is 4.33. The highest BCUT2D eigenvalue weighted by molar-refractivity contribution is 7.12. The zero-order chi connectivity index (χ0) is 16.2. The summed E-state index contributed by atoms with van der Waals surface area (Å²) in [5.74, 6) is 0.304. The molecule has 1 saturated carbocycles. The van der Waals surface area contributed by atoms with Crippen LogP contribution >= 0.6 is 11.3 Å². The molecule has 0 saturated heterocycles. The van der Waals surface area contributed by atoms with E-state index in [9.17, 15) is 9.59 Å². The molecule has 23 heavy (non-hydrogen) atoms. The molecule has 6 nitrogen and oxygen atoms in total. The van der Waals surface area contributed by atoms with E-state index in [1.807, 2.05) is 0 Å². The molecule has 3 rings (SSSR count). The highest BCUT2D eigenvalue weighted by atomic mass is 32.1. The molecule has 1 aliphatic heterocycles. The summed E-state index contributed by atoms with van der Waals surface area (Å²) in [7, 11) is 1.79. The lowest BCUT2D eigenvalue weighted by Gasteiger charge is -2.31. The number of rotatable bonds is 4. The van der Waals surface area contributed by atoms with Crippen molar-refractivity contribution in [1.82, 2.24) is 4.90 Å². The van der Waals surface area contributed by atoms with Crippen LogP contribution < -0.4 is 9.47 Å². The van der Waals surface area contributed by atoms with Crippen LogP contribution in [0.1, 0.15) is 41.8 Å². The summed E-state index contributed by atoms with van der Waals surface area (Å²) >= 11 is 1.21. The lowest BCUT2D eigenvalue weighted by atomic mass is 9.94. The fourth-order valence-corrected chi connectivity index (χ4v) is 3.79. The van der Waals surface area contributed by atoms with Gasteiger partial charge < -0.3 is 19.1 Å². The largest absolute Gasteiger partial charge is 0.485 e. The van der Waals surface area contributed by atoms with Gasteiger partial charge in [-0.3, -0.25) is 4.79 Å². The molecule has 0 spiro atoms. The highest BCUT2D eigenvalue weighted by Crippen LogP contribution is 2.39. The molecule has 0 atom stereocenters. The Morgan fingerprint density at radius 2 is 2.00 bits per heavy atom. The van der Waals surface area contributed by atoms with E-state index in [0.29, 0.717) is 29.6 Å². The molecule has 2 heterocycles. The fraction of sp³-hybridized carbons (Fsp3) is 0.625. The summed E-state index contributed by atoms with van der Waals surface area (Å²) in [6.45, 7) is 0.648. The first kappa shape index (κ1) is 16.1. The molecule has 0 N–H and O–H groups in total. The van der Waals surface area contributed by atoms with Crippen molar-refractivity contribution in [2.75, 3.05) is 26.9 Å². The second kappa shape index (κ2) is 7.21. The van der Waals surface area contributed by atoms with Crippen LogP contribution in [0.5, 0.6) is 11.5 Å². The van der Waals surface area contributed by atoms with Gasteiger partial charge in [-0.25, -0.2) is 4.79 Å². The van der Waals surface area contributed by atoms with E-state index in [0.717, 1.165) is 25.7 Å². The van der Waals surface area contributed by atoms with Gasteiger partial charge in [0.2, 0.25) is 0 Å². The van der Waals surface area contributed by atoms with Crippen LogP contribution in [0.25, 0.3) is 0 Å². The van der Waals surface area contributed by atoms with Crippen molar-refractivity contribution in [3.63, 3.8) is 0 Å². The smallest absolute Gasteiger partial charge is 0.352 e. The quantitative estimate of drug-likeness (QED) is 0.789. The Balaban J connectivity index is 1.54. The first-order valence-corrected chi connectivity index (χ1v) is 8.84. The number of carbonyl (C=O) groups excluding carboxylic acids is 2. The van der Waals surface area contributed by atoms with Crippen molar-refractivity contribution in [3.8, 4) is 11.5 Å². The minimum Gasteiger partial charge on any atom is -0.485 e. The third kappa shape index (κ3) is 3.60. The lowest BCUT2D eigenvalue weighted by Crippen LogP contribution is -2.40. The number of hydrogen-bond acceptors (Lipinski definition) is 6. The summed E-state index contributed by atoms with van der Waals surface area (Å²) in [6.07, 6.45) is 5.60. The first-order valence-electron chi connectivity index (χ1n) is 7.96. The van der Waals surface area contributed by atoms with Crippen LogP contribution in [0.3, 0.4) is 0 Å². The fourth-order valence-electron chi connectivity index (χ4n) is 2.97. The summed E-state index contributed by atoms with van der Waals surface area (Å²) in [5, 5.41) is 1.72. The average molecular weight is 339 g/mol. The Morgan fingerprint density at radius 3 is 2.78 bits per heavy atom. The Labute approximate surface area is 139 Å². The molecule has 2 aliphatic rings. The van der Waals surface area contributed by atoms with Crippen LogP contribution in [0.4, 0.5) is 0 Å². The second-order valence-corrected chi connectivity index (χ2v) is 6.71. The van der Waals surface area contributed by atoms with Crippen LogP contribution in [-0.2, 0) is 9.53 Å². The molecule has 7 heteroatoms. The maximum atomic E-state index is 12.2. The lowest BCUT2D eigenvalue weighted by molar-refractivity contribution is -0.135. The highest BCUT2D eigenvalue weighted by Gasteiger charge is 2.27. The summed E-state index contributed by atoms with van der Waals surface area (Å²) in [6, 6.07) is 0.265. The van der Waals surface area contributed by atoms with E-state index in [-0.39, 0.29) is 18.6 Å². The molecule has 1 fully saturated rings. The zero-order valence-electron chi connectivity index (χ0n) is 13.2. The van der Waals surface area contributed by atoms with E-state index < -0.39 is 5.97 Å². The normalized spacial score (nSPS) is 17.6. The van der Waals surface area contributed by atoms with E-state index in [4.69, 9.17) is 14.2 Å². The van der Waals surface area contributed by atoms with E-state index in [1.165, 1.54) is 17.8 Å². The zero-order valence-corrected chi connectivity index (χ0v) is 14.0. The summed E-state index contributed by atoms with van der Waals surface area (Å²) in [4.78, 5) is 26.4. The maximum absolute atomic E-state index is 12.2. The van der Waals surface area contributed by atoms with E-state index in [1.54, 1.807) is 17.3 Å². The number of hydrogen-bond donors (Lipinski definition) is 0. The van der Waals surface area contributed by atoms with Gasteiger partial charge in [0.15, 0.2) is 23.0 Å². The molecule has 1 aromatic rings. The predicted octanol–water partition coefficient (Wildman–Crippen LogP) is 2.47. The standard InChI is InChI=1S/C16H21NO5S/c1-17(11-5-3-2-4-6-11)13(18)9-22-16(19)15-14-12(10-23-15)20-7-8-21-14/h10-11H,2-9H2,1H3. The van der Waals surface area contributed by atoms with Crippen molar-refractivity contribution in [3.05, 3.63) is 10.3 Å². The molecule has 126 valence electrons. The van der Waals surface area contributed by atoms with E-state index >= 15 is 0 Å². The number of thiophene rings is 1. The molecule has 1 aromatic heterocycles. The number of fused-ring (bicyclic) bond motifs is 1. The Kier molecular flexibility index (Phi) is 5.05. The van der Waals surface area contributed by atoms with Crippen LogP contribution in [0.2, 0.25) is 0 Å². The molecule has 0 bridgehead atoms. The maximum Gasteiger partial charge on any atom is 0.352 e. The van der Waals surface area contributed by atoms with Crippen LogP contribution in [0.15, 0.2) is 5.38 Å². The van der Waals surface area contributed by atoms with Crippen molar-refractivity contribution in [2.24, 2.45) is 0 Å². The van der Waals surface area contributed by atoms with Gasteiger partial charge in [-0.15, -0.1) is 11.3 Å². The molecule has 1 aliphatic carbocycles. The van der Waals surface area contributed by atoms with Gasteiger partial charge in [0.1, 0.15) is 13.2 Å². The van der Waals surface area contributed by atoms with Gasteiger partial charge in [0.05, 0.1) is 0 Å². The molecule has 0 radical (unpaired) electrons. The number of esters is 1. The van der Waals surface area contributed by atoms with Gasteiger partial charge in [-0.2, -0.15) is 0 Å². The van der Waals surface area contributed by atoms with Crippen LogP contribution in [-0.4, -0.2) is 49.7 Å². The molecular weight excluding hydrogens is 318 g/mol. The van der Waals surface area contributed by atoms with Crippen LogP contribution in [0, 0.1) is 0 Å². The Morgan fingerprint density at radius 1 is 1.26 bits per heavy atom. The summed E-state index contributed by atoms with van der Waals surface area (Å²) < 4.78 is 16.0. The van der Waals surface area contributed by atoms with Crippen molar-refractivity contribution < 1.29 is 23.8 Å². The van der Waals surface area contributed by atoms with Crippen molar-refractivity contribution in [1.29, 1.82) is 0 Å². The topological polar surface area (TPSA) is 65.1 Å². The van der Waals surface area contributed by atoms with Crippen molar-refractivity contribution >= 4 is 23.2 Å². The van der Waals surface area contributed by atoms with E-state index in [2.05, 4.69) is 0 Å². The molecule has 0 aromatic carbocycles. The number of likely N-dealkylation sites (N-methyl/N-ethyl adjacent to an activating group) is 1. The average Bonchev–Trinajstić information content (AvgIpc) is 3.03. The van der Waals surface area contributed by atoms with Gasteiger partial charge in [-0.1, -0.05) is 19.3 Å². The molecule has 0 unspecified atom stereocenters. The SMILES string of the molecule is CN(C(=O)COC(=O)c1scc2c1OCCO2)C1CCCCC1. The third-order valence-corrected chi connectivity index (χ3v) is 5.25. The van der Waals surface area contributed by atoms with Gasteiger partial charge >= 0.3 is 5.97 Å². The molecule has 1 amide bonds.